The molecule has 0 bridgehead atoms. The van der Waals surface area contributed by atoms with Gasteiger partial charge in [0.2, 0.25) is 5.91 Å². The maximum absolute atomic E-state index is 12.6. The van der Waals surface area contributed by atoms with E-state index in [1.807, 2.05) is 15.6 Å². The molecule has 1 N–H and O–H groups in total. The van der Waals surface area contributed by atoms with Gasteiger partial charge in [0.1, 0.15) is 0 Å². The van der Waals surface area contributed by atoms with Crippen LogP contribution in [0.2, 0.25) is 0 Å². The van der Waals surface area contributed by atoms with Gasteiger partial charge in [-0.2, -0.15) is 5.10 Å². The maximum Gasteiger partial charge on any atom is 0.223 e. The molecular weight excluding hydrogens is 254 g/mol. The summed E-state index contributed by atoms with van der Waals surface area (Å²) in [6, 6.07) is 1.90. The van der Waals surface area contributed by atoms with Gasteiger partial charge in [0.15, 0.2) is 0 Å². The number of fused-ring (bicyclic) bond motifs is 1. The van der Waals surface area contributed by atoms with Crippen LogP contribution in [0.15, 0.2) is 12.3 Å². The third-order valence-electron chi connectivity index (χ3n) is 4.72. The Morgan fingerprint density at radius 3 is 2.90 bits per heavy atom. The van der Waals surface area contributed by atoms with Crippen molar-refractivity contribution in [3.8, 4) is 0 Å². The van der Waals surface area contributed by atoms with E-state index in [9.17, 15) is 9.90 Å². The normalized spacial score (nSPS) is 23.6. The Morgan fingerprint density at radius 2 is 2.15 bits per heavy atom. The average molecular weight is 277 g/mol. The Balaban J connectivity index is 1.72. The van der Waals surface area contributed by atoms with Crippen LogP contribution < -0.4 is 0 Å². The second kappa shape index (κ2) is 5.95. The zero-order valence-corrected chi connectivity index (χ0v) is 11.9. The number of aryl methyl sites for hydroxylation is 1. The Labute approximate surface area is 119 Å². The van der Waals surface area contributed by atoms with Gasteiger partial charge in [0.25, 0.3) is 0 Å². The maximum atomic E-state index is 12.6. The summed E-state index contributed by atoms with van der Waals surface area (Å²) in [5.74, 6) is 0.751. The number of carbonyl (C=O) groups is 1. The van der Waals surface area contributed by atoms with Crippen molar-refractivity contribution in [1.29, 1.82) is 0 Å². The third kappa shape index (κ3) is 2.73. The number of hydrogen-bond acceptors (Lipinski definition) is 3. The van der Waals surface area contributed by atoms with Crippen molar-refractivity contribution in [3.63, 3.8) is 0 Å². The molecule has 5 heteroatoms. The van der Waals surface area contributed by atoms with Gasteiger partial charge in [-0.05, 0) is 31.2 Å². The first kappa shape index (κ1) is 13.6. The SMILES string of the molecule is O=C(CC1CCCC1)N1Cc2ccnn2CCC1CO. The quantitative estimate of drug-likeness (QED) is 0.912. The molecule has 1 unspecified atom stereocenters. The molecule has 1 aromatic rings. The predicted octanol–water partition coefficient (Wildman–Crippen LogP) is 1.56. The van der Waals surface area contributed by atoms with Crippen LogP contribution in [0.1, 0.15) is 44.2 Å². The van der Waals surface area contributed by atoms with Crippen LogP contribution in [0.5, 0.6) is 0 Å². The molecule has 5 nitrogen and oxygen atoms in total. The van der Waals surface area contributed by atoms with Gasteiger partial charge in [-0.1, -0.05) is 12.8 Å². The fourth-order valence-electron chi connectivity index (χ4n) is 3.49. The van der Waals surface area contributed by atoms with Crippen molar-refractivity contribution in [2.45, 2.75) is 57.7 Å². The number of aliphatic hydroxyl groups excluding tert-OH is 1. The van der Waals surface area contributed by atoms with E-state index in [1.165, 1.54) is 25.7 Å². The summed E-state index contributed by atoms with van der Waals surface area (Å²) in [6.45, 7) is 1.40. The van der Waals surface area contributed by atoms with Crippen LogP contribution in [0.4, 0.5) is 0 Å². The Kier molecular flexibility index (Phi) is 4.05. The van der Waals surface area contributed by atoms with Crippen molar-refractivity contribution in [1.82, 2.24) is 14.7 Å². The van der Waals surface area contributed by atoms with E-state index >= 15 is 0 Å². The Morgan fingerprint density at radius 1 is 1.35 bits per heavy atom. The Bertz CT molecular complexity index is 465. The van der Waals surface area contributed by atoms with Crippen LogP contribution in [-0.4, -0.2) is 38.3 Å². The summed E-state index contributed by atoms with van der Waals surface area (Å²) in [7, 11) is 0. The number of aromatic nitrogens is 2. The summed E-state index contributed by atoms with van der Waals surface area (Å²) in [5.41, 5.74) is 1.07. The van der Waals surface area contributed by atoms with E-state index in [0.717, 1.165) is 18.7 Å². The molecule has 1 atom stereocenters. The number of nitrogens with zero attached hydrogens (tertiary/aromatic N) is 3. The molecule has 2 heterocycles. The van der Waals surface area contributed by atoms with Crippen LogP contribution in [0.25, 0.3) is 0 Å². The lowest BCUT2D eigenvalue weighted by Gasteiger charge is -2.29. The van der Waals surface area contributed by atoms with E-state index in [0.29, 0.717) is 18.9 Å². The van der Waals surface area contributed by atoms with Gasteiger partial charge in [0, 0.05) is 19.2 Å². The zero-order chi connectivity index (χ0) is 13.9. The third-order valence-corrected chi connectivity index (χ3v) is 4.72. The minimum absolute atomic E-state index is 0.0429. The lowest BCUT2D eigenvalue weighted by Crippen LogP contribution is -2.41. The second-order valence-corrected chi connectivity index (χ2v) is 6.05. The number of carbonyl (C=O) groups excluding carboxylic acids is 1. The minimum atomic E-state index is -0.0643. The van der Waals surface area contributed by atoms with Crippen LogP contribution >= 0.6 is 0 Å². The first-order valence-corrected chi connectivity index (χ1v) is 7.69. The van der Waals surface area contributed by atoms with Crippen LogP contribution in [0.3, 0.4) is 0 Å². The van der Waals surface area contributed by atoms with E-state index in [4.69, 9.17) is 0 Å². The smallest absolute Gasteiger partial charge is 0.223 e. The molecular formula is C15H23N3O2. The van der Waals surface area contributed by atoms with Crippen LogP contribution in [-0.2, 0) is 17.9 Å². The molecule has 2 aliphatic rings. The van der Waals surface area contributed by atoms with Crippen LogP contribution in [0, 0.1) is 5.92 Å². The number of hydrogen-bond donors (Lipinski definition) is 1. The summed E-state index contributed by atoms with van der Waals surface area (Å²) in [6.07, 6.45) is 8.09. The van der Waals surface area contributed by atoms with Crippen molar-refractivity contribution in [2.75, 3.05) is 6.61 Å². The zero-order valence-electron chi connectivity index (χ0n) is 11.9. The molecule has 1 saturated carbocycles. The molecule has 1 aromatic heterocycles. The molecule has 0 spiro atoms. The highest BCUT2D eigenvalue weighted by molar-refractivity contribution is 5.76. The molecule has 0 aromatic carbocycles. The monoisotopic (exact) mass is 277 g/mol. The summed E-state index contributed by atoms with van der Waals surface area (Å²) in [5, 5.41) is 13.9. The van der Waals surface area contributed by atoms with E-state index in [1.54, 1.807) is 6.20 Å². The van der Waals surface area contributed by atoms with Crippen molar-refractivity contribution in [2.24, 2.45) is 5.92 Å². The number of rotatable bonds is 3. The average Bonchev–Trinajstić information content (AvgIpc) is 3.07. The molecule has 1 aliphatic carbocycles. The largest absolute Gasteiger partial charge is 0.394 e. The lowest BCUT2D eigenvalue weighted by atomic mass is 10.0. The first-order valence-electron chi connectivity index (χ1n) is 7.69. The van der Waals surface area contributed by atoms with E-state index in [2.05, 4.69) is 5.10 Å². The lowest BCUT2D eigenvalue weighted by molar-refractivity contribution is -0.136. The van der Waals surface area contributed by atoms with Crippen molar-refractivity contribution < 1.29 is 9.90 Å². The van der Waals surface area contributed by atoms with Crippen molar-refractivity contribution in [3.05, 3.63) is 18.0 Å². The summed E-state index contributed by atoms with van der Waals surface area (Å²) >= 11 is 0. The molecule has 110 valence electrons. The van der Waals surface area contributed by atoms with Gasteiger partial charge in [-0.25, -0.2) is 0 Å². The van der Waals surface area contributed by atoms with E-state index < -0.39 is 0 Å². The second-order valence-electron chi connectivity index (χ2n) is 6.05. The molecule has 1 aliphatic heterocycles. The molecule has 20 heavy (non-hydrogen) atoms. The summed E-state index contributed by atoms with van der Waals surface area (Å²) in [4.78, 5) is 14.5. The molecule has 3 rings (SSSR count). The fourth-order valence-corrected chi connectivity index (χ4v) is 3.49. The number of aliphatic hydroxyl groups is 1. The fraction of sp³-hybridized carbons (Fsp3) is 0.733. The highest BCUT2D eigenvalue weighted by Gasteiger charge is 2.29. The highest BCUT2D eigenvalue weighted by atomic mass is 16.3. The van der Waals surface area contributed by atoms with Gasteiger partial charge >= 0.3 is 0 Å². The Hall–Kier alpha value is -1.36. The summed E-state index contributed by atoms with van der Waals surface area (Å²) < 4.78 is 1.95. The topological polar surface area (TPSA) is 58.4 Å². The van der Waals surface area contributed by atoms with Gasteiger partial charge in [-0.3, -0.25) is 9.48 Å². The highest BCUT2D eigenvalue weighted by Crippen LogP contribution is 2.29. The number of amides is 1. The van der Waals surface area contributed by atoms with Gasteiger partial charge < -0.3 is 10.0 Å². The molecule has 1 amide bonds. The van der Waals surface area contributed by atoms with E-state index in [-0.39, 0.29) is 18.6 Å². The standard InChI is InChI=1S/C15H23N3O2/c19-11-14-6-8-18-13(5-7-16-18)10-17(14)15(20)9-12-3-1-2-4-12/h5,7,12,14,19H,1-4,6,8-11H2. The van der Waals surface area contributed by atoms with Gasteiger partial charge in [-0.15, -0.1) is 0 Å². The first-order chi connectivity index (χ1) is 9.78. The molecule has 0 saturated heterocycles. The van der Waals surface area contributed by atoms with Crippen molar-refractivity contribution >= 4 is 5.91 Å². The molecule has 1 fully saturated rings. The predicted molar refractivity (Wildman–Crippen MR) is 74.8 cm³/mol. The molecule has 0 radical (unpaired) electrons. The minimum Gasteiger partial charge on any atom is -0.394 e. The van der Waals surface area contributed by atoms with Gasteiger partial charge in [0.05, 0.1) is 24.9 Å².